The molecule has 0 aromatic heterocycles. The number of nitrogens with one attached hydrogen (secondary N) is 2. The molecule has 0 unspecified atom stereocenters. The molecule has 31 heavy (non-hydrogen) atoms. The Morgan fingerprint density at radius 1 is 1.10 bits per heavy atom. The van der Waals surface area contributed by atoms with Gasteiger partial charge in [-0.2, -0.15) is 8.78 Å². The number of ether oxygens (including phenoxy) is 4. The van der Waals surface area contributed by atoms with Gasteiger partial charge in [0.25, 0.3) is 0 Å². The number of hydrogen-bond donors (Lipinski definition) is 2. The van der Waals surface area contributed by atoms with Crippen molar-refractivity contribution in [2.75, 3.05) is 27.4 Å². The summed E-state index contributed by atoms with van der Waals surface area (Å²) in [5.41, 5.74) is 1.45. The van der Waals surface area contributed by atoms with Crippen LogP contribution in [0, 0.1) is 0 Å². The van der Waals surface area contributed by atoms with Crippen LogP contribution >= 0.6 is 24.0 Å². The van der Waals surface area contributed by atoms with Gasteiger partial charge in [-0.05, 0) is 24.3 Å². The smallest absolute Gasteiger partial charge is 0.387 e. The van der Waals surface area contributed by atoms with E-state index in [0.29, 0.717) is 37.0 Å². The summed E-state index contributed by atoms with van der Waals surface area (Å²) >= 11 is 0. The third kappa shape index (κ3) is 7.01. The normalized spacial score (nSPS) is 13.1. The molecule has 0 atom stereocenters. The summed E-state index contributed by atoms with van der Waals surface area (Å²) in [6.45, 7) is -1.03. The van der Waals surface area contributed by atoms with Gasteiger partial charge in [0.15, 0.2) is 17.5 Å². The molecule has 1 aliphatic rings. The molecule has 0 spiro atoms. The highest BCUT2D eigenvalue weighted by Crippen LogP contribution is 2.33. The van der Waals surface area contributed by atoms with Gasteiger partial charge in [0, 0.05) is 37.7 Å². The van der Waals surface area contributed by atoms with Gasteiger partial charge in [0.1, 0.15) is 11.5 Å². The monoisotopic (exact) mass is 549 g/mol. The van der Waals surface area contributed by atoms with Crippen LogP contribution in [-0.2, 0) is 13.1 Å². The molecular weight excluding hydrogens is 523 g/mol. The van der Waals surface area contributed by atoms with Crippen molar-refractivity contribution < 1.29 is 27.7 Å². The lowest BCUT2D eigenvalue weighted by molar-refractivity contribution is -0.0505. The molecule has 170 valence electrons. The Morgan fingerprint density at radius 3 is 2.55 bits per heavy atom. The first kappa shape index (κ1) is 24.8. The Morgan fingerprint density at radius 2 is 1.84 bits per heavy atom. The molecule has 0 radical (unpaired) electrons. The standard InChI is InChI=1S/C21H25F2N3O4.HI/c1-24-21(25-12-14-5-3-6-18-19(14)29-10-4-9-28-18)26-13-15-11-16(27-2)7-8-17(15)30-20(22)23;/h3,5-8,11,20H,4,9-10,12-13H2,1-2H3,(H2,24,25,26);1H. The van der Waals surface area contributed by atoms with E-state index in [1.807, 2.05) is 18.2 Å². The van der Waals surface area contributed by atoms with Crippen LogP contribution in [0.25, 0.3) is 0 Å². The molecule has 7 nitrogen and oxygen atoms in total. The number of hydrogen-bond acceptors (Lipinski definition) is 5. The van der Waals surface area contributed by atoms with E-state index in [-0.39, 0.29) is 36.3 Å². The molecule has 0 saturated carbocycles. The SMILES string of the molecule is CN=C(NCc1cc(OC)ccc1OC(F)F)NCc1cccc2c1OCCCO2.I. The maximum absolute atomic E-state index is 12.7. The third-order valence-corrected chi connectivity index (χ3v) is 4.45. The second-order valence-corrected chi connectivity index (χ2v) is 6.43. The Balaban J connectivity index is 0.00000341. The average molecular weight is 549 g/mol. The number of aliphatic imine (C=N–C) groups is 1. The number of alkyl halides is 2. The van der Waals surface area contributed by atoms with E-state index in [0.717, 1.165) is 23.5 Å². The molecule has 1 aliphatic heterocycles. The molecular formula is C21H26F2IN3O4. The third-order valence-electron chi connectivity index (χ3n) is 4.45. The van der Waals surface area contributed by atoms with Crippen LogP contribution in [0.5, 0.6) is 23.0 Å². The van der Waals surface area contributed by atoms with Crippen molar-refractivity contribution in [2.45, 2.75) is 26.1 Å². The summed E-state index contributed by atoms with van der Waals surface area (Å²) < 4.78 is 46.7. The lowest BCUT2D eigenvalue weighted by Crippen LogP contribution is -2.36. The van der Waals surface area contributed by atoms with Crippen molar-refractivity contribution in [1.82, 2.24) is 10.6 Å². The van der Waals surface area contributed by atoms with Crippen LogP contribution in [0.1, 0.15) is 17.5 Å². The molecule has 3 rings (SSSR count). The zero-order chi connectivity index (χ0) is 21.3. The van der Waals surface area contributed by atoms with Crippen molar-refractivity contribution in [1.29, 1.82) is 0 Å². The fourth-order valence-electron chi connectivity index (χ4n) is 3.00. The first-order valence-electron chi connectivity index (χ1n) is 9.54. The van der Waals surface area contributed by atoms with E-state index in [9.17, 15) is 8.78 Å². The predicted molar refractivity (Wildman–Crippen MR) is 124 cm³/mol. The number of guanidine groups is 1. The zero-order valence-corrected chi connectivity index (χ0v) is 19.7. The molecule has 2 aromatic rings. The maximum Gasteiger partial charge on any atom is 0.387 e. The molecule has 2 N–H and O–H groups in total. The zero-order valence-electron chi connectivity index (χ0n) is 17.3. The number of benzene rings is 2. The van der Waals surface area contributed by atoms with Gasteiger partial charge in [0.05, 0.1) is 20.3 Å². The van der Waals surface area contributed by atoms with E-state index in [1.165, 1.54) is 13.2 Å². The summed E-state index contributed by atoms with van der Waals surface area (Å²) in [6, 6.07) is 10.4. The molecule has 2 aromatic carbocycles. The van der Waals surface area contributed by atoms with Gasteiger partial charge in [-0.1, -0.05) is 12.1 Å². The average Bonchev–Trinajstić information content (AvgIpc) is 3.00. The number of fused-ring (bicyclic) bond motifs is 1. The molecule has 0 amide bonds. The minimum Gasteiger partial charge on any atom is -0.497 e. The predicted octanol–water partition coefficient (Wildman–Crippen LogP) is 3.94. The highest BCUT2D eigenvalue weighted by atomic mass is 127. The van der Waals surface area contributed by atoms with Crippen molar-refractivity contribution >= 4 is 29.9 Å². The van der Waals surface area contributed by atoms with Crippen LogP contribution in [-0.4, -0.2) is 39.9 Å². The van der Waals surface area contributed by atoms with Crippen LogP contribution in [0.4, 0.5) is 8.78 Å². The quantitative estimate of drug-likeness (QED) is 0.310. The second kappa shape index (κ2) is 12.4. The summed E-state index contributed by atoms with van der Waals surface area (Å²) in [7, 11) is 3.14. The summed E-state index contributed by atoms with van der Waals surface area (Å²) in [4.78, 5) is 4.18. The first-order valence-corrected chi connectivity index (χ1v) is 9.54. The maximum atomic E-state index is 12.7. The number of rotatable bonds is 7. The lowest BCUT2D eigenvalue weighted by atomic mass is 10.2. The van der Waals surface area contributed by atoms with Gasteiger partial charge in [-0.15, -0.1) is 24.0 Å². The summed E-state index contributed by atoms with van der Waals surface area (Å²) in [6.07, 6.45) is 0.828. The molecule has 10 heteroatoms. The minimum atomic E-state index is -2.91. The first-order chi connectivity index (χ1) is 14.6. The van der Waals surface area contributed by atoms with Gasteiger partial charge in [-0.3, -0.25) is 4.99 Å². The number of para-hydroxylation sites is 1. The highest BCUT2D eigenvalue weighted by molar-refractivity contribution is 14.0. The van der Waals surface area contributed by atoms with Crippen LogP contribution in [0.15, 0.2) is 41.4 Å². The Labute approximate surface area is 197 Å². The van der Waals surface area contributed by atoms with Crippen molar-refractivity contribution in [3.63, 3.8) is 0 Å². The summed E-state index contributed by atoms with van der Waals surface area (Å²) in [5, 5.41) is 6.30. The molecule has 1 heterocycles. The van der Waals surface area contributed by atoms with E-state index >= 15 is 0 Å². The van der Waals surface area contributed by atoms with Crippen LogP contribution in [0.3, 0.4) is 0 Å². The summed E-state index contributed by atoms with van der Waals surface area (Å²) in [5.74, 6) is 2.56. The lowest BCUT2D eigenvalue weighted by Gasteiger charge is -2.17. The Bertz CT molecular complexity index is 884. The van der Waals surface area contributed by atoms with Crippen LogP contribution < -0.4 is 29.6 Å². The molecule has 0 fully saturated rings. The van der Waals surface area contributed by atoms with Crippen molar-refractivity contribution in [3.8, 4) is 23.0 Å². The van der Waals surface area contributed by atoms with Gasteiger partial charge < -0.3 is 29.6 Å². The number of nitrogens with zero attached hydrogens (tertiary/aromatic N) is 1. The van der Waals surface area contributed by atoms with Gasteiger partial charge in [-0.25, -0.2) is 0 Å². The van der Waals surface area contributed by atoms with Gasteiger partial charge in [0.2, 0.25) is 0 Å². The largest absolute Gasteiger partial charge is 0.497 e. The fraction of sp³-hybridized carbons (Fsp3) is 0.381. The topological polar surface area (TPSA) is 73.3 Å². The minimum absolute atomic E-state index is 0. The van der Waals surface area contributed by atoms with E-state index in [4.69, 9.17) is 14.2 Å². The molecule has 0 aliphatic carbocycles. The van der Waals surface area contributed by atoms with Gasteiger partial charge >= 0.3 is 6.61 Å². The molecule has 0 bridgehead atoms. The molecule has 0 saturated heterocycles. The number of halogens is 3. The Hall–Kier alpha value is -2.50. The van der Waals surface area contributed by atoms with Crippen molar-refractivity contribution in [2.24, 2.45) is 4.99 Å². The van der Waals surface area contributed by atoms with Crippen LogP contribution in [0.2, 0.25) is 0 Å². The highest BCUT2D eigenvalue weighted by Gasteiger charge is 2.15. The Kier molecular flexibility index (Phi) is 9.89. The second-order valence-electron chi connectivity index (χ2n) is 6.43. The van der Waals surface area contributed by atoms with Crippen molar-refractivity contribution in [3.05, 3.63) is 47.5 Å². The fourth-order valence-corrected chi connectivity index (χ4v) is 3.00. The van der Waals surface area contributed by atoms with E-state index in [1.54, 1.807) is 19.2 Å². The van der Waals surface area contributed by atoms with E-state index < -0.39 is 6.61 Å². The van der Waals surface area contributed by atoms with E-state index in [2.05, 4.69) is 20.4 Å². The number of methoxy groups -OCH3 is 1.